The normalized spacial score (nSPS) is 12.7. The fourth-order valence-corrected chi connectivity index (χ4v) is 4.53. The fourth-order valence-electron chi connectivity index (χ4n) is 3.37. The van der Waals surface area contributed by atoms with Gasteiger partial charge in [-0.1, -0.05) is 42.3 Å². The lowest BCUT2D eigenvalue weighted by atomic mass is 10.1. The van der Waals surface area contributed by atoms with Crippen LogP contribution in [0.3, 0.4) is 0 Å². The Morgan fingerprint density at radius 3 is 2.26 bits per heavy atom. The summed E-state index contributed by atoms with van der Waals surface area (Å²) in [5.74, 6) is -1.29. The summed E-state index contributed by atoms with van der Waals surface area (Å²) in [5, 5.41) is 2.95. The van der Waals surface area contributed by atoms with Crippen molar-refractivity contribution in [3.8, 4) is 0 Å². The second-order valence-corrected chi connectivity index (χ2v) is 10.3. The first-order valence-corrected chi connectivity index (χ1v) is 12.9. The summed E-state index contributed by atoms with van der Waals surface area (Å²) >= 11 is 12.0. The predicted octanol–water partition coefficient (Wildman–Crippen LogP) is 4.33. The van der Waals surface area contributed by atoms with Gasteiger partial charge >= 0.3 is 6.18 Å². The highest BCUT2D eigenvalue weighted by molar-refractivity contribution is 7.92. The quantitative estimate of drug-likeness (QED) is 0.500. The van der Waals surface area contributed by atoms with Gasteiger partial charge in [0.15, 0.2) is 0 Å². The second-order valence-electron chi connectivity index (χ2n) is 7.63. The smallest absolute Gasteiger partial charge is 0.357 e. The third-order valence-corrected chi connectivity index (χ3v) is 6.99. The molecule has 0 radical (unpaired) electrons. The van der Waals surface area contributed by atoms with Crippen molar-refractivity contribution < 1.29 is 31.2 Å². The van der Waals surface area contributed by atoms with Gasteiger partial charge in [-0.2, -0.15) is 13.2 Å². The van der Waals surface area contributed by atoms with Crippen LogP contribution in [0.15, 0.2) is 42.5 Å². The number of rotatable bonds is 9. The van der Waals surface area contributed by atoms with E-state index < -0.39 is 46.2 Å². The summed E-state index contributed by atoms with van der Waals surface area (Å²) < 4.78 is 65.1. The topological polar surface area (TPSA) is 86.8 Å². The summed E-state index contributed by atoms with van der Waals surface area (Å²) in [6.45, 7) is 0.715. The molecule has 0 heterocycles. The van der Waals surface area contributed by atoms with E-state index in [-0.39, 0.29) is 28.7 Å². The number of sulfonamides is 1. The van der Waals surface area contributed by atoms with Gasteiger partial charge in [0.25, 0.3) is 0 Å². The largest absolute Gasteiger partial charge is 0.416 e. The average Bonchev–Trinajstić information content (AvgIpc) is 2.78. The number of likely N-dealkylation sites (N-methyl/N-ethyl adjacent to an activating group) is 1. The minimum Gasteiger partial charge on any atom is -0.357 e. The van der Waals surface area contributed by atoms with Crippen LogP contribution < -0.4 is 9.62 Å². The van der Waals surface area contributed by atoms with Crippen LogP contribution in [0.25, 0.3) is 0 Å². The molecule has 7 nitrogen and oxygen atoms in total. The molecule has 2 aromatic rings. The van der Waals surface area contributed by atoms with Crippen LogP contribution in [0.2, 0.25) is 10.0 Å². The second kappa shape index (κ2) is 11.5. The van der Waals surface area contributed by atoms with Crippen molar-refractivity contribution in [1.82, 2.24) is 10.2 Å². The maximum absolute atomic E-state index is 13.4. The van der Waals surface area contributed by atoms with Gasteiger partial charge in [-0.05, 0) is 42.3 Å². The van der Waals surface area contributed by atoms with Crippen LogP contribution >= 0.6 is 23.2 Å². The van der Waals surface area contributed by atoms with Gasteiger partial charge in [-0.3, -0.25) is 13.9 Å². The van der Waals surface area contributed by atoms with Crippen LogP contribution in [-0.2, 0) is 32.3 Å². The fraction of sp³-hybridized carbons (Fsp3) is 0.364. The molecule has 0 aliphatic carbocycles. The van der Waals surface area contributed by atoms with Crippen molar-refractivity contribution >= 4 is 50.7 Å². The number of amides is 2. The molecule has 0 spiro atoms. The van der Waals surface area contributed by atoms with Crippen molar-refractivity contribution in [3.63, 3.8) is 0 Å². The molecular formula is C22H24Cl2F3N3O4S. The third-order valence-electron chi connectivity index (χ3n) is 5.11. The van der Waals surface area contributed by atoms with E-state index in [1.807, 2.05) is 0 Å². The Bertz CT molecular complexity index is 1190. The standard InChI is InChI=1S/C22H24Cl2F3N3O4S/c1-4-19(21(32)28-2)29(12-14-8-9-17(23)18(24)10-14)20(31)13-30(35(3,33)34)16-7-5-6-15(11-16)22(25,26)27/h5-11,19H,4,12-13H2,1-3H3,(H,28,32)/t19-/m1/s1. The zero-order valence-corrected chi connectivity index (χ0v) is 21.4. The molecule has 2 aromatic carbocycles. The van der Waals surface area contributed by atoms with Gasteiger partial charge in [0.1, 0.15) is 12.6 Å². The molecule has 0 aliphatic heterocycles. The lowest BCUT2D eigenvalue weighted by Gasteiger charge is -2.32. The van der Waals surface area contributed by atoms with Crippen LogP contribution in [0.1, 0.15) is 24.5 Å². The van der Waals surface area contributed by atoms with E-state index in [0.717, 1.165) is 29.4 Å². The molecule has 0 bridgehead atoms. The Hall–Kier alpha value is -2.50. The number of carbonyl (C=O) groups excluding carboxylic acids is 2. The molecule has 0 unspecified atom stereocenters. The molecule has 0 aromatic heterocycles. The Balaban J connectivity index is 2.49. The van der Waals surface area contributed by atoms with Crippen LogP contribution in [-0.4, -0.2) is 51.0 Å². The summed E-state index contributed by atoms with van der Waals surface area (Å²) in [4.78, 5) is 27.0. The van der Waals surface area contributed by atoms with E-state index in [1.54, 1.807) is 13.0 Å². The van der Waals surface area contributed by atoms with Crippen LogP contribution in [0.4, 0.5) is 18.9 Å². The SMILES string of the molecule is CC[C@H](C(=O)NC)N(Cc1ccc(Cl)c(Cl)c1)C(=O)CN(c1cccc(C(F)(F)F)c1)S(C)(=O)=O. The molecule has 0 aliphatic rings. The minimum absolute atomic E-state index is 0.123. The highest BCUT2D eigenvalue weighted by Crippen LogP contribution is 2.32. The van der Waals surface area contributed by atoms with E-state index in [2.05, 4.69) is 5.32 Å². The first-order valence-electron chi connectivity index (χ1n) is 10.3. The molecule has 35 heavy (non-hydrogen) atoms. The summed E-state index contributed by atoms with van der Waals surface area (Å²) in [6.07, 6.45) is -3.75. The molecule has 0 saturated carbocycles. The molecular weight excluding hydrogens is 530 g/mol. The molecule has 2 amide bonds. The Morgan fingerprint density at radius 1 is 1.09 bits per heavy atom. The maximum atomic E-state index is 13.4. The summed E-state index contributed by atoms with van der Waals surface area (Å²) in [5.41, 5.74) is -0.890. The van der Waals surface area contributed by atoms with Gasteiger partial charge < -0.3 is 10.2 Å². The van der Waals surface area contributed by atoms with E-state index in [1.165, 1.54) is 19.2 Å². The first-order chi connectivity index (χ1) is 16.2. The monoisotopic (exact) mass is 553 g/mol. The molecule has 13 heteroatoms. The molecule has 1 atom stereocenters. The average molecular weight is 554 g/mol. The zero-order valence-electron chi connectivity index (χ0n) is 19.1. The Morgan fingerprint density at radius 2 is 1.74 bits per heavy atom. The van der Waals surface area contributed by atoms with Gasteiger partial charge in [0.05, 0.1) is 27.6 Å². The summed E-state index contributed by atoms with van der Waals surface area (Å²) in [6, 6.07) is 7.26. The van der Waals surface area contributed by atoms with Crippen molar-refractivity contribution in [2.75, 3.05) is 24.2 Å². The van der Waals surface area contributed by atoms with E-state index in [0.29, 0.717) is 15.9 Å². The maximum Gasteiger partial charge on any atom is 0.416 e. The first kappa shape index (κ1) is 28.7. The van der Waals surface area contributed by atoms with Crippen LogP contribution in [0.5, 0.6) is 0 Å². The zero-order chi connectivity index (χ0) is 26.6. The number of alkyl halides is 3. The van der Waals surface area contributed by atoms with E-state index in [4.69, 9.17) is 23.2 Å². The Kier molecular flexibility index (Phi) is 9.43. The highest BCUT2D eigenvalue weighted by atomic mass is 35.5. The minimum atomic E-state index is -4.71. The highest BCUT2D eigenvalue weighted by Gasteiger charge is 2.34. The van der Waals surface area contributed by atoms with Crippen LogP contribution in [0, 0.1) is 0 Å². The van der Waals surface area contributed by atoms with Gasteiger partial charge in [-0.15, -0.1) is 0 Å². The molecule has 2 rings (SSSR count). The predicted molar refractivity (Wildman–Crippen MR) is 129 cm³/mol. The van der Waals surface area contributed by atoms with Crippen molar-refractivity contribution in [3.05, 3.63) is 63.6 Å². The van der Waals surface area contributed by atoms with Gasteiger partial charge in [0.2, 0.25) is 21.8 Å². The number of hydrogen-bond acceptors (Lipinski definition) is 4. The lowest BCUT2D eigenvalue weighted by Crippen LogP contribution is -2.51. The lowest BCUT2D eigenvalue weighted by molar-refractivity contribution is -0.140. The number of carbonyl (C=O) groups is 2. The van der Waals surface area contributed by atoms with Crippen molar-refractivity contribution in [2.45, 2.75) is 32.1 Å². The summed E-state index contributed by atoms with van der Waals surface area (Å²) in [7, 11) is -2.79. The van der Waals surface area contributed by atoms with Gasteiger partial charge in [-0.25, -0.2) is 8.42 Å². The van der Waals surface area contributed by atoms with Crippen molar-refractivity contribution in [2.24, 2.45) is 0 Å². The number of hydrogen-bond donors (Lipinski definition) is 1. The molecule has 192 valence electrons. The molecule has 0 saturated heterocycles. The number of anilines is 1. The Labute approximate surface area is 211 Å². The van der Waals surface area contributed by atoms with E-state index in [9.17, 15) is 31.2 Å². The molecule has 1 N–H and O–H groups in total. The van der Waals surface area contributed by atoms with Crippen molar-refractivity contribution in [1.29, 1.82) is 0 Å². The number of nitrogens with one attached hydrogen (secondary N) is 1. The van der Waals surface area contributed by atoms with Gasteiger partial charge in [0, 0.05) is 13.6 Å². The molecule has 0 fully saturated rings. The number of benzene rings is 2. The third kappa shape index (κ3) is 7.49. The number of nitrogens with zero attached hydrogens (tertiary/aromatic N) is 2. The van der Waals surface area contributed by atoms with E-state index >= 15 is 0 Å². The number of halogens is 5.